The smallest absolute Gasteiger partial charge is 0.0631 e. The van der Waals surface area contributed by atoms with Crippen LogP contribution < -0.4 is 0 Å². The quantitative estimate of drug-likeness (QED) is 0.688. The fourth-order valence-electron chi connectivity index (χ4n) is 3.20. The van der Waals surface area contributed by atoms with Crippen molar-refractivity contribution in [3.05, 3.63) is 12.2 Å². The molecule has 3 atom stereocenters. The molecule has 0 heterocycles. The van der Waals surface area contributed by atoms with E-state index in [2.05, 4.69) is 19.1 Å². The Morgan fingerprint density at radius 3 is 2.60 bits per heavy atom. The van der Waals surface area contributed by atoms with Gasteiger partial charge in [0.2, 0.25) is 0 Å². The number of hydrogen-bond acceptors (Lipinski definition) is 1. The molecular formula is C14H24O. The van der Waals surface area contributed by atoms with Gasteiger partial charge < -0.3 is 5.11 Å². The highest BCUT2D eigenvalue weighted by Gasteiger charge is 2.29. The molecule has 1 saturated carbocycles. The van der Waals surface area contributed by atoms with Crippen LogP contribution in [0.5, 0.6) is 0 Å². The molecular weight excluding hydrogens is 184 g/mol. The monoisotopic (exact) mass is 208 g/mol. The molecule has 0 bridgehead atoms. The van der Waals surface area contributed by atoms with Crippen LogP contribution in [0.3, 0.4) is 0 Å². The molecule has 0 aliphatic heterocycles. The van der Waals surface area contributed by atoms with Crippen molar-refractivity contribution in [3.63, 3.8) is 0 Å². The van der Waals surface area contributed by atoms with E-state index in [1.165, 1.54) is 44.9 Å². The van der Waals surface area contributed by atoms with Crippen molar-refractivity contribution >= 4 is 0 Å². The minimum Gasteiger partial charge on any atom is -0.392 e. The highest BCUT2D eigenvalue weighted by atomic mass is 16.3. The Balaban J connectivity index is 1.91. The van der Waals surface area contributed by atoms with Crippen LogP contribution >= 0.6 is 0 Å². The van der Waals surface area contributed by atoms with Crippen molar-refractivity contribution in [1.82, 2.24) is 0 Å². The van der Waals surface area contributed by atoms with E-state index < -0.39 is 0 Å². The summed E-state index contributed by atoms with van der Waals surface area (Å²) in [5.41, 5.74) is 0. The second kappa shape index (κ2) is 5.16. The standard InChI is InChI=1S/C14H24O/c1-11-6-5-9-13(10-11)14(15)12-7-3-2-4-8-12/h5,9,11-15H,2-4,6-8,10H2,1H3/t11-,13-,14-/m0/s1. The summed E-state index contributed by atoms with van der Waals surface area (Å²) >= 11 is 0. The van der Waals surface area contributed by atoms with Crippen LogP contribution in [-0.2, 0) is 0 Å². The molecule has 2 rings (SSSR count). The lowest BCUT2D eigenvalue weighted by atomic mass is 9.76. The number of allylic oxidation sites excluding steroid dienone is 1. The lowest BCUT2D eigenvalue weighted by molar-refractivity contribution is 0.0401. The first kappa shape index (κ1) is 11.2. The van der Waals surface area contributed by atoms with Crippen molar-refractivity contribution in [1.29, 1.82) is 0 Å². The molecule has 0 unspecified atom stereocenters. The first-order valence-corrected chi connectivity index (χ1v) is 6.62. The van der Waals surface area contributed by atoms with Gasteiger partial charge in [0.15, 0.2) is 0 Å². The minimum atomic E-state index is -0.0655. The van der Waals surface area contributed by atoms with Gasteiger partial charge in [0.25, 0.3) is 0 Å². The summed E-state index contributed by atoms with van der Waals surface area (Å²) in [5, 5.41) is 10.4. The predicted molar refractivity (Wildman–Crippen MR) is 63.6 cm³/mol. The van der Waals surface area contributed by atoms with Crippen molar-refractivity contribution in [2.24, 2.45) is 17.8 Å². The van der Waals surface area contributed by atoms with Gasteiger partial charge in [0.05, 0.1) is 6.10 Å². The average Bonchev–Trinajstić information content (AvgIpc) is 2.29. The summed E-state index contributed by atoms with van der Waals surface area (Å²) in [5.74, 6) is 1.79. The van der Waals surface area contributed by atoms with Gasteiger partial charge in [-0.15, -0.1) is 0 Å². The SMILES string of the molecule is C[C@H]1CC=C[C@H]([C@@H](O)C2CCCCC2)C1. The Morgan fingerprint density at radius 1 is 1.20 bits per heavy atom. The third-order valence-corrected chi connectivity index (χ3v) is 4.17. The third-order valence-electron chi connectivity index (χ3n) is 4.17. The molecule has 1 N–H and O–H groups in total. The average molecular weight is 208 g/mol. The summed E-state index contributed by atoms with van der Waals surface area (Å²) < 4.78 is 0. The second-order valence-corrected chi connectivity index (χ2v) is 5.56. The van der Waals surface area contributed by atoms with Gasteiger partial charge in [-0.25, -0.2) is 0 Å². The fourth-order valence-corrected chi connectivity index (χ4v) is 3.20. The lowest BCUT2D eigenvalue weighted by Crippen LogP contribution is -2.31. The van der Waals surface area contributed by atoms with Crippen molar-refractivity contribution < 1.29 is 5.11 Å². The number of aliphatic hydroxyl groups is 1. The third kappa shape index (κ3) is 2.84. The van der Waals surface area contributed by atoms with E-state index in [9.17, 15) is 5.11 Å². The van der Waals surface area contributed by atoms with E-state index in [1.807, 2.05) is 0 Å². The molecule has 2 aliphatic carbocycles. The van der Waals surface area contributed by atoms with E-state index in [0.717, 1.165) is 5.92 Å². The molecule has 0 spiro atoms. The molecule has 1 nitrogen and oxygen atoms in total. The van der Waals surface area contributed by atoms with Crippen LogP contribution in [0.1, 0.15) is 51.9 Å². The molecule has 1 fully saturated rings. The largest absolute Gasteiger partial charge is 0.392 e. The van der Waals surface area contributed by atoms with E-state index >= 15 is 0 Å². The van der Waals surface area contributed by atoms with Gasteiger partial charge >= 0.3 is 0 Å². The molecule has 0 aromatic rings. The topological polar surface area (TPSA) is 20.2 Å². The van der Waals surface area contributed by atoms with Crippen molar-refractivity contribution in [2.75, 3.05) is 0 Å². The minimum absolute atomic E-state index is 0.0655. The zero-order valence-corrected chi connectivity index (χ0v) is 9.86. The zero-order valence-electron chi connectivity index (χ0n) is 9.86. The molecule has 0 aromatic heterocycles. The van der Waals surface area contributed by atoms with Crippen LogP contribution in [-0.4, -0.2) is 11.2 Å². The zero-order chi connectivity index (χ0) is 10.7. The van der Waals surface area contributed by atoms with Crippen LogP contribution in [0.25, 0.3) is 0 Å². The highest BCUT2D eigenvalue weighted by molar-refractivity contribution is 4.99. The first-order valence-electron chi connectivity index (χ1n) is 6.62. The highest BCUT2D eigenvalue weighted by Crippen LogP contribution is 2.34. The molecule has 1 heteroatoms. The maximum atomic E-state index is 10.4. The van der Waals surface area contributed by atoms with Crippen LogP contribution in [0.2, 0.25) is 0 Å². The van der Waals surface area contributed by atoms with E-state index in [0.29, 0.717) is 11.8 Å². The summed E-state index contributed by atoms with van der Waals surface area (Å²) in [6.07, 6.45) is 13.4. The molecule has 0 amide bonds. The van der Waals surface area contributed by atoms with Crippen molar-refractivity contribution in [3.8, 4) is 0 Å². The van der Waals surface area contributed by atoms with E-state index in [4.69, 9.17) is 0 Å². The molecule has 15 heavy (non-hydrogen) atoms. The predicted octanol–water partition coefficient (Wildman–Crippen LogP) is 3.53. The van der Waals surface area contributed by atoms with E-state index in [1.54, 1.807) is 0 Å². The summed E-state index contributed by atoms with van der Waals surface area (Å²) in [4.78, 5) is 0. The van der Waals surface area contributed by atoms with Gasteiger partial charge in [-0.1, -0.05) is 38.3 Å². The molecule has 0 radical (unpaired) electrons. The summed E-state index contributed by atoms with van der Waals surface area (Å²) in [7, 11) is 0. The Morgan fingerprint density at radius 2 is 1.93 bits per heavy atom. The number of rotatable bonds is 2. The van der Waals surface area contributed by atoms with Gasteiger partial charge in [-0.3, -0.25) is 0 Å². The fraction of sp³-hybridized carbons (Fsp3) is 0.857. The van der Waals surface area contributed by atoms with E-state index in [-0.39, 0.29) is 6.10 Å². The molecule has 0 aromatic carbocycles. The van der Waals surface area contributed by atoms with Crippen molar-refractivity contribution in [2.45, 2.75) is 58.0 Å². The van der Waals surface area contributed by atoms with Gasteiger partial charge in [0, 0.05) is 5.92 Å². The van der Waals surface area contributed by atoms with Gasteiger partial charge in [0.1, 0.15) is 0 Å². The second-order valence-electron chi connectivity index (χ2n) is 5.56. The van der Waals surface area contributed by atoms with Crippen LogP contribution in [0, 0.1) is 17.8 Å². The Kier molecular flexibility index (Phi) is 3.85. The normalized spacial score (nSPS) is 35.3. The van der Waals surface area contributed by atoms with Gasteiger partial charge in [-0.05, 0) is 37.5 Å². The Labute approximate surface area is 93.6 Å². The Hall–Kier alpha value is -0.300. The maximum Gasteiger partial charge on any atom is 0.0631 e. The Bertz CT molecular complexity index is 215. The first-order chi connectivity index (χ1) is 7.27. The maximum absolute atomic E-state index is 10.4. The van der Waals surface area contributed by atoms with Crippen LogP contribution in [0.4, 0.5) is 0 Å². The number of aliphatic hydroxyl groups excluding tert-OH is 1. The lowest BCUT2D eigenvalue weighted by Gasteiger charge is -2.33. The molecule has 86 valence electrons. The van der Waals surface area contributed by atoms with Gasteiger partial charge in [-0.2, -0.15) is 0 Å². The number of hydrogen-bond donors (Lipinski definition) is 1. The molecule has 0 saturated heterocycles. The van der Waals surface area contributed by atoms with Crippen LogP contribution in [0.15, 0.2) is 12.2 Å². The summed E-state index contributed by atoms with van der Waals surface area (Å²) in [6, 6.07) is 0. The molecule has 2 aliphatic rings. The summed E-state index contributed by atoms with van der Waals surface area (Å²) in [6.45, 7) is 2.30.